The van der Waals surface area contributed by atoms with Gasteiger partial charge in [0.15, 0.2) is 0 Å². The number of rotatable bonds is 8. The molecule has 0 fully saturated rings. The van der Waals surface area contributed by atoms with Crippen LogP contribution in [0, 0.1) is 10.1 Å². The van der Waals surface area contributed by atoms with Crippen LogP contribution in [0.4, 0.5) is 23.2 Å². The van der Waals surface area contributed by atoms with Crippen molar-refractivity contribution in [2.24, 2.45) is 0 Å². The molecule has 0 amide bonds. The highest BCUT2D eigenvalue weighted by Gasteiger charge is 2.40. The normalized spacial score (nSPS) is 11.8. The highest BCUT2D eigenvalue weighted by molar-refractivity contribution is 5.61. The highest BCUT2D eigenvalue weighted by Crippen LogP contribution is 2.26. The van der Waals surface area contributed by atoms with E-state index in [1.54, 1.807) is 18.2 Å². The van der Waals surface area contributed by atoms with E-state index in [1.807, 2.05) is 0 Å². The molecule has 29 heavy (non-hydrogen) atoms. The van der Waals surface area contributed by atoms with Gasteiger partial charge in [-0.3, -0.25) is 10.1 Å². The monoisotopic (exact) mass is 411 g/mol. The molecular weight excluding hydrogens is 398 g/mol. The molecule has 1 aromatic heterocycles. The first-order valence-electron chi connectivity index (χ1n) is 8.18. The van der Waals surface area contributed by atoms with Gasteiger partial charge in [0.25, 0.3) is 11.6 Å². The Kier molecular flexibility index (Phi) is 5.87. The summed E-state index contributed by atoms with van der Waals surface area (Å²) in [6.07, 6.45) is -3.80. The topological polar surface area (TPSA) is 91.3 Å². The van der Waals surface area contributed by atoms with Gasteiger partial charge in [-0.2, -0.15) is 13.8 Å². The molecule has 3 aromatic rings. The average Bonchev–Trinajstić information content (AvgIpc) is 3.18. The van der Waals surface area contributed by atoms with Crippen molar-refractivity contribution in [2.45, 2.75) is 19.0 Å². The predicted molar refractivity (Wildman–Crippen MR) is 92.4 cm³/mol. The van der Waals surface area contributed by atoms with E-state index in [0.717, 1.165) is 0 Å². The summed E-state index contributed by atoms with van der Waals surface area (Å²) in [6.45, 7) is -1.71. The van der Waals surface area contributed by atoms with Crippen LogP contribution < -0.4 is 0 Å². The molecule has 11 heteroatoms. The van der Waals surface area contributed by atoms with Crippen LogP contribution in [0.5, 0.6) is 0 Å². The summed E-state index contributed by atoms with van der Waals surface area (Å²) in [4.78, 5) is 14.4. The Morgan fingerprint density at radius 2 is 1.86 bits per heavy atom. The number of nitrogens with zero attached hydrogens (tertiary/aromatic N) is 3. The van der Waals surface area contributed by atoms with E-state index in [4.69, 9.17) is 9.26 Å². The lowest BCUT2D eigenvalue weighted by atomic mass is 10.1. The molecule has 0 radical (unpaired) electrons. The van der Waals surface area contributed by atoms with Crippen LogP contribution in [0.25, 0.3) is 22.8 Å². The minimum absolute atomic E-state index is 0.0809. The number of ether oxygens (including phenoxy) is 1. The van der Waals surface area contributed by atoms with Crippen molar-refractivity contribution in [3.05, 3.63) is 64.2 Å². The molecule has 0 aliphatic heterocycles. The zero-order valence-corrected chi connectivity index (χ0v) is 14.6. The lowest BCUT2D eigenvalue weighted by Gasteiger charge is -2.15. The maximum Gasteiger partial charge on any atom is 0.330 e. The summed E-state index contributed by atoms with van der Waals surface area (Å²) >= 11 is 0. The molecule has 0 bridgehead atoms. The standard InChI is InChI=1S/C18H13F4N3O4/c19-17(20)18(21,22)10-28-9-11-2-1-3-13(8-11)16-23-15(24-29-16)12-4-6-14(7-5-12)25(26)27/h1-8,17H,9-10H2. The molecular formula is C18H13F4N3O4. The third-order valence-electron chi connectivity index (χ3n) is 3.82. The second-order valence-electron chi connectivity index (χ2n) is 5.98. The van der Waals surface area contributed by atoms with E-state index in [2.05, 4.69) is 10.1 Å². The lowest BCUT2D eigenvalue weighted by Crippen LogP contribution is -2.32. The molecule has 0 unspecified atom stereocenters. The number of aromatic nitrogens is 2. The molecule has 0 saturated heterocycles. The molecule has 0 aliphatic rings. The molecule has 152 valence electrons. The molecule has 0 spiro atoms. The molecule has 0 N–H and O–H groups in total. The fourth-order valence-electron chi connectivity index (χ4n) is 2.35. The van der Waals surface area contributed by atoms with Gasteiger partial charge in [-0.25, -0.2) is 8.78 Å². The molecule has 2 aromatic carbocycles. The van der Waals surface area contributed by atoms with Crippen LogP contribution in [0.1, 0.15) is 5.56 Å². The molecule has 0 aliphatic carbocycles. The van der Waals surface area contributed by atoms with Gasteiger partial charge in [-0.05, 0) is 29.8 Å². The quantitative estimate of drug-likeness (QED) is 0.302. The number of halogens is 4. The van der Waals surface area contributed by atoms with E-state index in [1.165, 1.54) is 30.3 Å². The first kappa shape index (κ1) is 20.4. The van der Waals surface area contributed by atoms with E-state index in [-0.39, 0.29) is 24.0 Å². The maximum atomic E-state index is 12.9. The second kappa shape index (κ2) is 8.35. The van der Waals surface area contributed by atoms with Gasteiger partial charge in [0.1, 0.15) is 6.61 Å². The smallest absolute Gasteiger partial charge is 0.330 e. The summed E-state index contributed by atoms with van der Waals surface area (Å²) in [5.41, 5.74) is 1.33. The van der Waals surface area contributed by atoms with Gasteiger partial charge in [0.05, 0.1) is 11.5 Å². The van der Waals surface area contributed by atoms with Gasteiger partial charge in [0, 0.05) is 23.3 Å². The van der Waals surface area contributed by atoms with Gasteiger partial charge < -0.3 is 9.26 Å². The summed E-state index contributed by atoms with van der Waals surface area (Å²) in [5, 5.41) is 14.5. The van der Waals surface area contributed by atoms with Gasteiger partial charge >= 0.3 is 12.3 Å². The van der Waals surface area contributed by atoms with Crippen LogP contribution in [-0.2, 0) is 11.3 Å². The zero-order chi connectivity index (χ0) is 21.0. The Bertz CT molecular complexity index is 993. The average molecular weight is 411 g/mol. The summed E-state index contributed by atoms with van der Waals surface area (Å²) in [6, 6.07) is 11.9. The van der Waals surface area contributed by atoms with Crippen LogP contribution >= 0.6 is 0 Å². The van der Waals surface area contributed by atoms with Gasteiger partial charge in [0.2, 0.25) is 5.82 Å². The fraction of sp³-hybridized carbons (Fsp3) is 0.222. The first-order chi connectivity index (χ1) is 13.8. The number of alkyl halides is 4. The summed E-state index contributed by atoms with van der Waals surface area (Å²) < 4.78 is 59.9. The molecule has 3 rings (SSSR count). The van der Waals surface area contributed by atoms with Crippen molar-refractivity contribution in [1.82, 2.24) is 10.1 Å². The maximum absolute atomic E-state index is 12.9. The number of nitro benzene ring substituents is 1. The minimum atomic E-state index is -4.22. The Labute approximate surface area is 161 Å². The van der Waals surface area contributed by atoms with E-state index >= 15 is 0 Å². The van der Waals surface area contributed by atoms with Crippen LogP contribution in [-0.4, -0.2) is 34.0 Å². The van der Waals surface area contributed by atoms with Crippen LogP contribution in [0.15, 0.2) is 53.1 Å². The Morgan fingerprint density at radius 3 is 2.52 bits per heavy atom. The van der Waals surface area contributed by atoms with Gasteiger partial charge in [-0.1, -0.05) is 17.3 Å². The van der Waals surface area contributed by atoms with E-state index < -0.39 is 23.9 Å². The van der Waals surface area contributed by atoms with Crippen LogP contribution in [0.2, 0.25) is 0 Å². The van der Waals surface area contributed by atoms with Crippen molar-refractivity contribution in [2.75, 3.05) is 6.61 Å². The number of nitro groups is 1. The molecule has 0 saturated carbocycles. The SMILES string of the molecule is O=[N+]([O-])c1ccc(-c2noc(-c3cccc(COCC(F)(F)C(F)F)c3)n2)cc1. The second-order valence-corrected chi connectivity index (χ2v) is 5.98. The van der Waals surface area contributed by atoms with Crippen molar-refractivity contribution in [3.8, 4) is 22.8 Å². The summed E-state index contributed by atoms with van der Waals surface area (Å²) in [5.74, 6) is -3.89. The zero-order valence-electron chi connectivity index (χ0n) is 14.6. The first-order valence-corrected chi connectivity index (χ1v) is 8.18. The molecule has 0 atom stereocenters. The Hall–Kier alpha value is -3.34. The van der Waals surface area contributed by atoms with Gasteiger partial charge in [-0.15, -0.1) is 0 Å². The van der Waals surface area contributed by atoms with E-state index in [0.29, 0.717) is 16.7 Å². The van der Waals surface area contributed by atoms with Crippen molar-refractivity contribution >= 4 is 5.69 Å². The Morgan fingerprint density at radius 1 is 1.14 bits per heavy atom. The predicted octanol–water partition coefficient (Wildman–Crippen LogP) is 4.73. The summed E-state index contributed by atoms with van der Waals surface area (Å²) in [7, 11) is 0. The highest BCUT2D eigenvalue weighted by atomic mass is 19.3. The minimum Gasteiger partial charge on any atom is -0.370 e. The van der Waals surface area contributed by atoms with Crippen molar-refractivity contribution in [1.29, 1.82) is 0 Å². The lowest BCUT2D eigenvalue weighted by molar-refractivity contribution is -0.384. The fourth-order valence-corrected chi connectivity index (χ4v) is 2.35. The molecule has 1 heterocycles. The van der Waals surface area contributed by atoms with Crippen molar-refractivity contribution in [3.63, 3.8) is 0 Å². The Balaban J connectivity index is 1.70. The largest absolute Gasteiger partial charge is 0.370 e. The number of non-ortho nitro benzene ring substituents is 1. The third kappa shape index (κ3) is 4.93. The van der Waals surface area contributed by atoms with Crippen molar-refractivity contribution < 1.29 is 31.7 Å². The molecule has 7 nitrogen and oxygen atoms in total. The number of benzene rings is 2. The number of hydrogen-bond donors (Lipinski definition) is 0. The number of hydrogen-bond acceptors (Lipinski definition) is 6. The third-order valence-corrected chi connectivity index (χ3v) is 3.82. The van der Waals surface area contributed by atoms with E-state index in [9.17, 15) is 27.7 Å². The van der Waals surface area contributed by atoms with Crippen LogP contribution in [0.3, 0.4) is 0 Å².